The van der Waals surface area contributed by atoms with Crippen molar-refractivity contribution in [1.82, 2.24) is 4.98 Å². The van der Waals surface area contributed by atoms with Gasteiger partial charge in [-0.25, -0.2) is 0 Å². The molecule has 0 amide bonds. The van der Waals surface area contributed by atoms with Crippen LogP contribution < -0.4 is 10.6 Å². The molecule has 0 atom stereocenters. The van der Waals surface area contributed by atoms with Crippen molar-refractivity contribution in [2.24, 2.45) is 0 Å². The van der Waals surface area contributed by atoms with Crippen LogP contribution >= 0.6 is 0 Å². The van der Waals surface area contributed by atoms with Crippen LogP contribution in [0, 0.1) is 0 Å². The average Bonchev–Trinajstić information content (AvgIpc) is 2.46. The standard InChI is InChI=1S/C16H21N3/c1-3-13-4-8-16(9-5-13)19(2)11-10-15-7-6-14(17)12-18-15/h4-9,12H,3,10-11,17H2,1-2H3. The highest BCUT2D eigenvalue weighted by Crippen LogP contribution is 2.14. The summed E-state index contributed by atoms with van der Waals surface area (Å²) in [5.74, 6) is 0. The van der Waals surface area contributed by atoms with Crippen molar-refractivity contribution < 1.29 is 0 Å². The normalized spacial score (nSPS) is 10.4. The maximum atomic E-state index is 5.63. The van der Waals surface area contributed by atoms with E-state index >= 15 is 0 Å². The largest absolute Gasteiger partial charge is 0.397 e. The maximum Gasteiger partial charge on any atom is 0.0501 e. The lowest BCUT2D eigenvalue weighted by molar-refractivity contribution is 0.852. The molecule has 2 N–H and O–H groups in total. The van der Waals surface area contributed by atoms with E-state index in [1.54, 1.807) is 6.20 Å². The number of benzene rings is 1. The molecule has 0 fully saturated rings. The Morgan fingerprint density at radius 1 is 1.11 bits per heavy atom. The lowest BCUT2D eigenvalue weighted by Crippen LogP contribution is -2.20. The van der Waals surface area contributed by atoms with E-state index in [4.69, 9.17) is 5.73 Å². The number of anilines is 2. The van der Waals surface area contributed by atoms with Crippen LogP contribution in [0.1, 0.15) is 18.2 Å². The van der Waals surface area contributed by atoms with E-state index in [9.17, 15) is 0 Å². The molecule has 0 saturated carbocycles. The van der Waals surface area contributed by atoms with Crippen LogP contribution in [0.15, 0.2) is 42.6 Å². The number of rotatable bonds is 5. The van der Waals surface area contributed by atoms with Gasteiger partial charge in [0, 0.05) is 31.4 Å². The molecule has 3 heteroatoms. The second-order valence-electron chi connectivity index (χ2n) is 4.77. The minimum Gasteiger partial charge on any atom is -0.397 e. The second kappa shape index (κ2) is 6.23. The zero-order chi connectivity index (χ0) is 13.7. The highest BCUT2D eigenvalue weighted by molar-refractivity contribution is 5.47. The second-order valence-corrected chi connectivity index (χ2v) is 4.77. The highest BCUT2D eigenvalue weighted by Gasteiger charge is 2.02. The topological polar surface area (TPSA) is 42.1 Å². The van der Waals surface area contributed by atoms with Crippen molar-refractivity contribution in [3.05, 3.63) is 53.9 Å². The van der Waals surface area contributed by atoms with Gasteiger partial charge in [-0.15, -0.1) is 0 Å². The summed E-state index contributed by atoms with van der Waals surface area (Å²) >= 11 is 0. The summed E-state index contributed by atoms with van der Waals surface area (Å²) in [5, 5.41) is 0. The third kappa shape index (κ3) is 3.71. The summed E-state index contributed by atoms with van der Waals surface area (Å²) in [7, 11) is 2.11. The molecule has 1 heterocycles. The first-order valence-electron chi connectivity index (χ1n) is 6.69. The van der Waals surface area contributed by atoms with Crippen molar-refractivity contribution in [2.75, 3.05) is 24.2 Å². The molecule has 0 aliphatic heterocycles. The first kappa shape index (κ1) is 13.4. The fraction of sp³-hybridized carbons (Fsp3) is 0.312. The van der Waals surface area contributed by atoms with E-state index in [0.717, 1.165) is 25.1 Å². The first-order valence-corrected chi connectivity index (χ1v) is 6.69. The molecule has 0 radical (unpaired) electrons. The molecule has 0 aliphatic rings. The molecule has 3 nitrogen and oxygen atoms in total. The summed E-state index contributed by atoms with van der Waals surface area (Å²) in [4.78, 5) is 6.57. The summed E-state index contributed by atoms with van der Waals surface area (Å²) in [5.41, 5.74) is 10.0. The Bertz CT molecular complexity index is 503. The molecule has 0 aliphatic carbocycles. The Labute approximate surface area is 115 Å². The van der Waals surface area contributed by atoms with Crippen molar-refractivity contribution in [3.8, 4) is 0 Å². The van der Waals surface area contributed by atoms with E-state index in [2.05, 4.69) is 48.1 Å². The van der Waals surface area contributed by atoms with Crippen LogP contribution in [-0.4, -0.2) is 18.6 Å². The number of nitrogens with zero attached hydrogens (tertiary/aromatic N) is 2. The Morgan fingerprint density at radius 3 is 2.42 bits per heavy atom. The summed E-state index contributed by atoms with van der Waals surface area (Å²) in [6.45, 7) is 3.12. The number of aryl methyl sites for hydroxylation is 1. The monoisotopic (exact) mass is 255 g/mol. The van der Waals surface area contributed by atoms with Crippen LogP contribution in [-0.2, 0) is 12.8 Å². The third-order valence-electron chi connectivity index (χ3n) is 3.34. The number of nitrogen functional groups attached to an aromatic ring is 1. The van der Waals surface area contributed by atoms with Gasteiger partial charge in [-0.1, -0.05) is 19.1 Å². The summed E-state index contributed by atoms with van der Waals surface area (Å²) in [6, 6.07) is 12.6. The fourth-order valence-corrected chi connectivity index (χ4v) is 1.98. The molecule has 0 unspecified atom stereocenters. The summed E-state index contributed by atoms with van der Waals surface area (Å²) < 4.78 is 0. The van der Waals surface area contributed by atoms with Crippen molar-refractivity contribution in [3.63, 3.8) is 0 Å². The minimum atomic E-state index is 0.715. The molecular formula is C16H21N3. The van der Waals surface area contributed by atoms with Crippen molar-refractivity contribution >= 4 is 11.4 Å². The predicted octanol–water partition coefficient (Wildman–Crippen LogP) is 2.91. The van der Waals surface area contributed by atoms with E-state index in [0.29, 0.717) is 5.69 Å². The SMILES string of the molecule is CCc1ccc(N(C)CCc2ccc(N)cn2)cc1. The van der Waals surface area contributed by atoms with Crippen LogP contribution in [0.25, 0.3) is 0 Å². The highest BCUT2D eigenvalue weighted by atomic mass is 15.1. The number of nitrogens with two attached hydrogens (primary N) is 1. The molecule has 0 spiro atoms. The van der Waals surface area contributed by atoms with Gasteiger partial charge in [0.25, 0.3) is 0 Å². The number of likely N-dealkylation sites (N-methyl/N-ethyl adjacent to an activating group) is 1. The van der Waals surface area contributed by atoms with Crippen LogP contribution in [0.4, 0.5) is 11.4 Å². The molecule has 0 bridgehead atoms. The van der Waals surface area contributed by atoms with Gasteiger partial charge in [0.2, 0.25) is 0 Å². The molecule has 2 rings (SSSR count). The van der Waals surface area contributed by atoms with E-state index in [1.807, 2.05) is 12.1 Å². The number of aromatic nitrogens is 1. The van der Waals surface area contributed by atoms with Crippen LogP contribution in [0.3, 0.4) is 0 Å². The lowest BCUT2D eigenvalue weighted by atomic mass is 10.1. The lowest BCUT2D eigenvalue weighted by Gasteiger charge is -2.19. The number of hydrogen-bond donors (Lipinski definition) is 1. The van der Waals surface area contributed by atoms with Crippen LogP contribution in [0.5, 0.6) is 0 Å². The van der Waals surface area contributed by atoms with Gasteiger partial charge >= 0.3 is 0 Å². The zero-order valence-corrected chi connectivity index (χ0v) is 11.6. The molecule has 1 aromatic carbocycles. The molecular weight excluding hydrogens is 234 g/mol. The molecule has 100 valence electrons. The van der Waals surface area contributed by atoms with Gasteiger partial charge < -0.3 is 10.6 Å². The number of hydrogen-bond acceptors (Lipinski definition) is 3. The van der Waals surface area contributed by atoms with E-state index in [-0.39, 0.29) is 0 Å². The van der Waals surface area contributed by atoms with Crippen LogP contribution in [0.2, 0.25) is 0 Å². The third-order valence-corrected chi connectivity index (χ3v) is 3.34. The first-order chi connectivity index (χ1) is 9.19. The van der Waals surface area contributed by atoms with E-state index in [1.165, 1.54) is 11.3 Å². The Kier molecular flexibility index (Phi) is 4.39. The smallest absolute Gasteiger partial charge is 0.0501 e. The van der Waals surface area contributed by atoms with Gasteiger partial charge in [-0.3, -0.25) is 4.98 Å². The quantitative estimate of drug-likeness (QED) is 0.893. The molecule has 1 aromatic heterocycles. The van der Waals surface area contributed by atoms with Gasteiger partial charge in [0.05, 0.1) is 11.9 Å². The molecule has 19 heavy (non-hydrogen) atoms. The van der Waals surface area contributed by atoms with Crippen molar-refractivity contribution in [2.45, 2.75) is 19.8 Å². The Balaban J connectivity index is 1.93. The maximum absolute atomic E-state index is 5.63. The Hall–Kier alpha value is -2.03. The fourth-order valence-electron chi connectivity index (χ4n) is 1.98. The van der Waals surface area contributed by atoms with Gasteiger partial charge in [0.15, 0.2) is 0 Å². The number of pyridine rings is 1. The minimum absolute atomic E-state index is 0.715. The van der Waals surface area contributed by atoms with Gasteiger partial charge in [-0.05, 0) is 36.2 Å². The van der Waals surface area contributed by atoms with Gasteiger partial charge in [0.1, 0.15) is 0 Å². The zero-order valence-electron chi connectivity index (χ0n) is 11.6. The predicted molar refractivity (Wildman–Crippen MR) is 81.4 cm³/mol. The van der Waals surface area contributed by atoms with Gasteiger partial charge in [-0.2, -0.15) is 0 Å². The summed E-state index contributed by atoms with van der Waals surface area (Å²) in [6.07, 6.45) is 3.72. The Morgan fingerprint density at radius 2 is 1.84 bits per heavy atom. The molecule has 2 aromatic rings. The average molecular weight is 255 g/mol. The molecule has 0 saturated heterocycles. The van der Waals surface area contributed by atoms with E-state index < -0.39 is 0 Å². The van der Waals surface area contributed by atoms with Crippen molar-refractivity contribution in [1.29, 1.82) is 0 Å².